The first kappa shape index (κ1) is 33.2. The number of aliphatic hydroxyl groups is 2. The lowest BCUT2D eigenvalue weighted by atomic mass is 10.1. The molecule has 0 aliphatic rings. The Bertz CT molecular complexity index is 261. The fourth-order valence-corrected chi connectivity index (χ4v) is 2.76. The largest absolute Gasteiger partial charge is 0.394 e. The summed E-state index contributed by atoms with van der Waals surface area (Å²) in [6.07, 6.45) is 12.7. The molecule has 0 amide bonds. The van der Waals surface area contributed by atoms with E-state index in [-0.39, 0.29) is 13.2 Å². The van der Waals surface area contributed by atoms with Gasteiger partial charge in [0.15, 0.2) is 0 Å². The molecule has 0 saturated carbocycles. The highest BCUT2D eigenvalue weighted by atomic mass is 32.1. The molecule has 0 aromatic carbocycles. The topological polar surface area (TPSA) is 86.6 Å². The molecule has 7 nitrogen and oxygen atoms in total. The van der Waals surface area contributed by atoms with Crippen LogP contribution in [0, 0.1) is 0 Å². The Morgan fingerprint density at radius 3 is 1.03 bits per heavy atom. The van der Waals surface area contributed by atoms with Crippen LogP contribution < -0.4 is 0 Å². The van der Waals surface area contributed by atoms with Gasteiger partial charge in [-0.25, -0.2) is 0 Å². The molecule has 0 heterocycles. The average Bonchev–Trinajstić information content (AvgIpc) is 2.79. The number of hydrogen-bond donors (Lipinski definition) is 3. The lowest BCUT2D eigenvalue weighted by Crippen LogP contribution is -2.14. The molecule has 0 fully saturated rings. The molecular weight excluding hydrogens is 420 g/mol. The van der Waals surface area contributed by atoms with E-state index in [2.05, 4.69) is 19.6 Å². The number of rotatable bonds is 25. The summed E-state index contributed by atoms with van der Waals surface area (Å²) in [6.45, 7) is 7.07. The predicted molar refractivity (Wildman–Crippen MR) is 129 cm³/mol. The van der Waals surface area contributed by atoms with Gasteiger partial charge in [-0.15, -0.1) is 0 Å². The molecule has 0 aromatic heterocycles. The van der Waals surface area contributed by atoms with Crippen LogP contribution in [0.4, 0.5) is 0 Å². The maximum atomic E-state index is 8.45. The summed E-state index contributed by atoms with van der Waals surface area (Å²) in [5.41, 5.74) is 0. The van der Waals surface area contributed by atoms with Gasteiger partial charge in [0.25, 0.3) is 0 Å². The lowest BCUT2D eigenvalue weighted by Gasteiger charge is -2.07. The number of unbranched alkanes of at least 4 members (excludes halogenated alkanes) is 8. The molecule has 2 N–H and O–H groups in total. The van der Waals surface area contributed by atoms with Crippen molar-refractivity contribution in [3.63, 3.8) is 0 Å². The summed E-state index contributed by atoms with van der Waals surface area (Å²) in [6, 6.07) is 0. The molecule has 0 rings (SSSR count). The highest BCUT2D eigenvalue weighted by Crippen LogP contribution is 2.09. The Hall–Kier alpha value is 0.0700. The minimum absolute atomic E-state index is 0.0359. The van der Waals surface area contributed by atoms with Crippen molar-refractivity contribution in [1.82, 2.24) is 0 Å². The van der Waals surface area contributed by atoms with Crippen LogP contribution in [0.25, 0.3) is 0 Å². The van der Waals surface area contributed by atoms with Crippen LogP contribution in [0.15, 0.2) is 0 Å². The standard InChI is InChI=1S/C12H26O7.C11H24S/c13-1-3-15-5-7-17-9-11-19-12-10-18-8-6-16-4-2-14;1-2-3-4-5-6-7-8-9-10-11-12/h13-14H,1-12H2;12H,2-11H2,1H3. The van der Waals surface area contributed by atoms with E-state index in [0.717, 1.165) is 5.75 Å². The number of thiol groups is 1. The van der Waals surface area contributed by atoms with Crippen LogP contribution in [0.2, 0.25) is 0 Å². The van der Waals surface area contributed by atoms with Gasteiger partial charge in [0.2, 0.25) is 0 Å². The third kappa shape index (κ3) is 37.7. The highest BCUT2D eigenvalue weighted by molar-refractivity contribution is 7.80. The summed E-state index contributed by atoms with van der Waals surface area (Å²) >= 11 is 4.19. The molecule has 0 spiro atoms. The summed E-state index contributed by atoms with van der Waals surface area (Å²) in [4.78, 5) is 0. The Morgan fingerprint density at radius 1 is 0.452 bits per heavy atom. The zero-order chi connectivity index (χ0) is 23.1. The molecule has 0 saturated heterocycles. The monoisotopic (exact) mass is 470 g/mol. The second-order valence-corrected chi connectivity index (χ2v) is 7.51. The van der Waals surface area contributed by atoms with Crippen LogP contribution in [-0.2, 0) is 23.7 Å². The van der Waals surface area contributed by atoms with Crippen molar-refractivity contribution in [1.29, 1.82) is 0 Å². The molecule has 8 heteroatoms. The number of ether oxygens (including phenoxy) is 5. The van der Waals surface area contributed by atoms with Crippen LogP contribution in [0.5, 0.6) is 0 Å². The molecule has 0 unspecified atom stereocenters. The Balaban J connectivity index is 0. The van der Waals surface area contributed by atoms with E-state index in [4.69, 9.17) is 33.9 Å². The predicted octanol–water partition coefficient (Wildman–Crippen LogP) is 3.50. The van der Waals surface area contributed by atoms with E-state index in [0.29, 0.717) is 66.1 Å². The summed E-state index contributed by atoms with van der Waals surface area (Å²) < 4.78 is 25.8. The van der Waals surface area contributed by atoms with E-state index < -0.39 is 0 Å². The van der Waals surface area contributed by atoms with Crippen molar-refractivity contribution in [3.05, 3.63) is 0 Å². The average molecular weight is 471 g/mol. The maximum Gasteiger partial charge on any atom is 0.0701 e. The van der Waals surface area contributed by atoms with Gasteiger partial charge < -0.3 is 33.9 Å². The molecule has 0 bridgehead atoms. The van der Waals surface area contributed by atoms with E-state index in [1.54, 1.807) is 0 Å². The smallest absolute Gasteiger partial charge is 0.0701 e. The van der Waals surface area contributed by atoms with Gasteiger partial charge >= 0.3 is 0 Å². The SMILES string of the molecule is CCCCCCCCCCCS.OCCOCCOCCOCCOCCOCCO. The van der Waals surface area contributed by atoms with Crippen LogP contribution in [0.3, 0.4) is 0 Å². The maximum absolute atomic E-state index is 8.45. The zero-order valence-corrected chi connectivity index (χ0v) is 20.8. The van der Waals surface area contributed by atoms with Crippen LogP contribution >= 0.6 is 12.6 Å². The first-order valence-corrected chi connectivity index (χ1v) is 12.7. The summed E-state index contributed by atoms with van der Waals surface area (Å²) in [5, 5.41) is 16.9. The first-order chi connectivity index (χ1) is 15.3. The molecule has 0 radical (unpaired) electrons. The molecule has 190 valence electrons. The van der Waals surface area contributed by atoms with Gasteiger partial charge in [-0.3, -0.25) is 0 Å². The minimum Gasteiger partial charge on any atom is -0.394 e. The Kier molecular flexibility index (Phi) is 37.2. The van der Waals surface area contributed by atoms with Gasteiger partial charge in [-0.1, -0.05) is 58.3 Å². The molecular formula is C23H50O7S. The van der Waals surface area contributed by atoms with Crippen molar-refractivity contribution < 1.29 is 33.9 Å². The van der Waals surface area contributed by atoms with Gasteiger partial charge in [0.05, 0.1) is 79.3 Å². The van der Waals surface area contributed by atoms with E-state index in [1.165, 1.54) is 57.8 Å². The van der Waals surface area contributed by atoms with Crippen LogP contribution in [0.1, 0.15) is 64.7 Å². The third-order valence-electron chi connectivity index (χ3n) is 4.22. The summed E-state index contributed by atoms with van der Waals surface area (Å²) in [5.74, 6) is 1.07. The molecule has 31 heavy (non-hydrogen) atoms. The van der Waals surface area contributed by atoms with Crippen molar-refractivity contribution in [2.24, 2.45) is 0 Å². The second kappa shape index (κ2) is 34.7. The van der Waals surface area contributed by atoms with E-state index in [1.807, 2.05) is 0 Å². The first-order valence-electron chi connectivity index (χ1n) is 12.0. The quantitative estimate of drug-likeness (QED) is 0.139. The highest BCUT2D eigenvalue weighted by Gasteiger charge is 1.93. The van der Waals surface area contributed by atoms with Crippen LogP contribution in [-0.4, -0.2) is 95.2 Å². The lowest BCUT2D eigenvalue weighted by molar-refractivity contribution is -0.0151. The normalized spacial score (nSPS) is 10.8. The summed E-state index contributed by atoms with van der Waals surface area (Å²) in [7, 11) is 0. The van der Waals surface area contributed by atoms with Crippen molar-refractivity contribution >= 4 is 12.6 Å². The fraction of sp³-hybridized carbons (Fsp3) is 1.00. The minimum atomic E-state index is 0.0359. The number of hydrogen-bond acceptors (Lipinski definition) is 8. The van der Waals surface area contributed by atoms with Gasteiger partial charge in [-0.2, -0.15) is 12.6 Å². The van der Waals surface area contributed by atoms with Gasteiger partial charge in [-0.05, 0) is 12.2 Å². The van der Waals surface area contributed by atoms with E-state index in [9.17, 15) is 0 Å². The molecule has 0 atom stereocenters. The fourth-order valence-electron chi connectivity index (χ4n) is 2.53. The second-order valence-electron chi connectivity index (χ2n) is 7.06. The van der Waals surface area contributed by atoms with Crippen molar-refractivity contribution in [2.75, 3.05) is 85.0 Å². The molecule has 0 aromatic rings. The Labute approximate surface area is 196 Å². The zero-order valence-electron chi connectivity index (χ0n) is 19.9. The number of aliphatic hydroxyl groups excluding tert-OH is 2. The van der Waals surface area contributed by atoms with Crippen molar-refractivity contribution in [2.45, 2.75) is 64.7 Å². The van der Waals surface area contributed by atoms with Gasteiger partial charge in [0.1, 0.15) is 0 Å². The van der Waals surface area contributed by atoms with Crippen molar-refractivity contribution in [3.8, 4) is 0 Å². The molecule has 0 aliphatic carbocycles. The van der Waals surface area contributed by atoms with E-state index >= 15 is 0 Å². The van der Waals surface area contributed by atoms with Gasteiger partial charge in [0, 0.05) is 0 Å². The third-order valence-corrected chi connectivity index (χ3v) is 4.54. The molecule has 0 aliphatic heterocycles. The Morgan fingerprint density at radius 2 is 0.742 bits per heavy atom.